The largest absolute Gasteiger partial charge is 0.493 e. The van der Waals surface area contributed by atoms with E-state index in [0.29, 0.717) is 17.9 Å². The highest BCUT2D eigenvalue weighted by Crippen LogP contribution is 2.37. The smallest absolute Gasteiger partial charge is 0.200 e. The minimum Gasteiger partial charge on any atom is -0.493 e. The van der Waals surface area contributed by atoms with Crippen molar-refractivity contribution in [2.75, 3.05) is 18.1 Å². The number of hydrogen-bond donors (Lipinski definition) is 2. The maximum absolute atomic E-state index is 12.8. The van der Waals surface area contributed by atoms with E-state index >= 15 is 0 Å². The number of ketones is 2. The van der Waals surface area contributed by atoms with Crippen LogP contribution in [0.15, 0.2) is 30.3 Å². The molecule has 4 N–H and O–H groups in total. The second-order valence-electron chi connectivity index (χ2n) is 5.18. The van der Waals surface area contributed by atoms with Crippen molar-refractivity contribution >= 4 is 22.9 Å². The number of nitrogen functional groups attached to an aromatic ring is 2. The van der Waals surface area contributed by atoms with Gasteiger partial charge >= 0.3 is 0 Å². The van der Waals surface area contributed by atoms with Gasteiger partial charge in [0, 0.05) is 16.9 Å². The van der Waals surface area contributed by atoms with E-state index < -0.39 is 0 Å². The number of hydrogen-bond acceptors (Lipinski definition) is 5. The highest BCUT2D eigenvalue weighted by molar-refractivity contribution is 6.32. The maximum atomic E-state index is 12.8. The zero-order valence-electron chi connectivity index (χ0n) is 12.2. The lowest BCUT2D eigenvalue weighted by Crippen LogP contribution is -2.24. The molecule has 0 aromatic heterocycles. The number of carbonyl (C=O) groups is 2. The first-order valence-electron chi connectivity index (χ1n) is 7.09. The lowest BCUT2D eigenvalue weighted by molar-refractivity contribution is 0.0977. The molecule has 2 aromatic carbocycles. The summed E-state index contributed by atoms with van der Waals surface area (Å²) in [6, 6.07) is 8.08. The SMILES string of the molecule is CCCOc1cccc2c1C(=O)c1c(N)ccc(N)c1C2=O. The van der Waals surface area contributed by atoms with Crippen molar-refractivity contribution in [1.29, 1.82) is 0 Å². The number of ether oxygens (including phenoxy) is 1. The summed E-state index contributed by atoms with van der Waals surface area (Å²) in [7, 11) is 0. The van der Waals surface area contributed by atoms with Crippen LogP contribution in [0, 0.1) is 0 Å². The maximum Gasteiger partial charge on any atom is 0.200 e. The zero-order chi connectivity index (χ0) is 15.9. The van der Waals surface area contributed by atoms with Gasteiger partial charge in [0.25, 0.3) is 0 Å². The summed E-state index contributed by atoms with van der Waals surface area (Å²) < 4.78 is 5.61. The zero-order valence-corrected chi connectivity index (χ0v) is 12.2. The first-order chi connectivity index (χ1) is 10.6. The van der Waals surface area contributed by atoms with Crippen LogP contribution in [-0.2, 0) is 0 Å². The van der Waals surface area contributed by atoms with E-state index in [9.17, 15) is 9.59 Å². The molecule has 112 valence electrons. The summed E-state index contributed by atoms with van der Waals surface area (Å²) in [6.07, 6.45) is 0.803. The standard InChI is InChI=1S/C17H16N2O3/c1-2-8-22-12-5-3-4-9-13(12)17(21)15-11(19)7-6-10(18)14(15)16(9)20/h3-7H,2,8,18-19H2,1H3. The van der Waals surface area contributed by atoms with E-state index in [1.807, 2.05) is 6.92 Å². The molecule has 0 amide bonds. The molecule has 0 unspecified atom stereocenters. The minimum absolute atomic E-state index is 0.171. The van der Waals surface area contributed by atoms with Gasteiger partial charge in [0.15, 0.2) is 11.6 Å². The summed E-state index contributed by atoms with van der Waals surface area (Å²) in [5, 5.41) is 0. The molecular weight excluding hydrogens is 280 g/mol. The second kappa shape index (κ2) is 5.18. The molecule has 0 heterocycles. The molecule has 0 saturated heterocycles. The summed E-state index contributed by atoms with van der Waals surface area (Å²) in [5.74, 6) is -0.206. The number of benzene rings is 2. The van der Waals surface area contributed by atoms with E-state index in [-0.39, 0.29) is 39.6 Å². The fourth-order valence-electron chi connectivity index (χ4n) is 2.67. The van der Waals surface area contributed by atoms with Gasteiger partial charge in [-0.1, -0.05) is 19.1 Å². The minimum atomic E-state index is -0.318. The number of anilines is 2. The normalized spacial score (nSPS) is 12.8. The molecule has 0 spiro atoms. The number of fused-ring (bicyclic) bond motifs is 2. The van der Waals surface area contributed by atoms with Gasteiger partial charge < -0.3 is 16.2 Å². The van der Waals surface area contributed by atoms with Gasteiger partial charge in [-0.05, 0) is 24.6 Å². The van der Waals surface area contributed by atoms with E-state index in [0.717, 1.165) is 6.42 Å². The third-order valence-electron chi connectivity index (χ3n) is 3.68. The van der Waals surface area contributed by atoms with Gasteiger partial charge in [0.1, 0.15) is 5.75 Å². The average molecular weight is 296 g/mol. The van der Waals surface area contributed by atoms with E-state index in [4.69, 9.17) is 16.2 Å². The van der Waals surface area contributed by atoms with Crippen LogP contribution in [0.3, 0.4) is 0 Å². The van der Waals surface area contributed by atoms with Crippen molar-refractivity contribution in [3.8, 4) is 5.75 Å². The van der Waals surface area contributed by atoms with Gasteiger partial charge in [0.05, 0.1) is 23.3 Å². The van der Waals surface area contributed by atoms with Crippen LogP contribution in [-0.4, -0.2) is 18.2 Å². The molecule has 1 aliphatic rings. The number of rotatable bonds is 3. The monoisotopic (exact) mass is 296 g/mol. The molecule has 3 rings (SSSR count). The predicted molar refractivity (Wildman–Crippen MR) is 84.4 cm³/mol. The molecule has 5 nitrogen and oxygen atoms in total. The van der Waals surface area contributed by atoms with Crippen molar-refractivity contribution in [2.45, 2.75) is 13.3 Å². The van der Waals surface area contributed by atoms with Gasteiger partial charge in [-0.25, -0.2) is 0 Å². The van der Waals surface area contributed by atoms with Crippen LogP contribution in [0.4, 0.5) is 11.4 Å². The molecular formula is C17H16N2O3. The summed E-state index contributed by atoms with van der Waals surface area (Å²) >= 11 is 0. The quantitative estimate of drug-likeness (QED) is 0.724. The Labute approximate surface area is 127 Å². The Morgan fingerprint density at radius 1 is 0.909 bits per heavy atom. The highest BCUT2D eigenvalue weighted by Gasteiger charge is 2.35. The Morgan fingerprint density at radius 2 is 1.55 bits per heavy atom. The van der Waals surface area contributed by atoms with Crippen molar-refractivity contribution in [2.24, 2.45) is 0 Å². The number of carbonyl (C=O) groups excluding carboxylic acids is 2. The molecule has 0 bridgehead atoms. The third-order valence-corrected chi connectivity index (χ3v) is 3.68. The number of nitrogens with two attached hydrogens (primary N) is 2. The fraction of sp³-hybridized carbons (Fsp3) is 0.176. The molecule has 0 atom stereocenters. The first kappa shape index (κ1) is 14.1. The molecule has 2 aromatic rings. The van der Waals surface area contributed by atoms with Crippen molar-refractivity contribution in [3.05, 3.63) is 52.6 Å². The molecule has 22 heavy (non-hydrogen) atoms. The van der Waals surface area contributed by atoms with Crippen LogP contribution in [0.1, 0.15) is 45.2 Å². The Bertz CT molecular complexity index is 797. The van der Waals surface area contributed by atoms with Crippen LogP contribution in [0.2, 0.25) is 0 Å². The Kier molecular flexibility index (Phi) is 3.33. The van der Waals surface area contributed by atoms with Crippen molar-refractivity contribution < 1.29 is 14.3 Å². The topological polar surface area (TPSA) is 95.4 Å². The Hall–Kier alpha value is -2.82. The fourth-order valence-corrected chi connectivity index (χ4v) is 2.67. The lowest BCUT2D eigenvalue weighted by Gasteiger charge is -2.22. The molecule has 1 aliphatic carbocycles. The Morgan fingerprint density at radius 3 is 2.18 bits per heavy atom. The summed E-state index contributed by atoms with van der Waals surface area (Å²) in [6.45, 7) is 2.44. The van der Waals surface area contributed by atoms with Crippen molar-refractivity contribution in [3.63, 3.8) is 0 Å². The van der Waals surface area contributed by atoms with E-state index in [1.54, 1.807) is 30.3 Å². The van der Waals surface area contributed by atoms with Crippen LogP contribution in [0.25, 0.3) is 0 Å². The first-order valence-corrected chi connectivity index (χ1v) is 7.09. The van der Waals surface area contributed by atoms with Gasteiger partial charge in [0.2, 0.25) is 0 Å². The van der Waals surface area contributed by atoms with Gasteiger partial charge in [-0.3, -0.25) is 9.59 Å². The van der Waals surface area contributed by atoms with Crippen LogP contribution >= 0.6 is 0 Å². The average Bonchev–Trinajstić information content (AvgIpc) is 2.52. The van der Waals surface area contributed by atoms with Crippen LogP contribution in [0.5, 0.6) is 5.75 Å². The van der Waals surface area contributed by atoms with E-state index in [1.165, 1.54) is 0 Å². The van der Waals surface area contributed by atoms with Crippen LogP contribution < -0.4 is 16.2 Å². The molecule has 5 heteroatoms. The Balaban J connectivity index is 2.25. The molecule has 0 fully saturated rings. The molecule has 0 aliphatic heterocycles. The highest BCUT2D eigenvalue weighted by atomic mass is 16.5. The summed E-state index contributed by atoms with van der Waals surface area (Å²) in [4.78, 5) is 25.6. The lowest BCUT2D eigenvalue weighted by atomic mass is 9.82. The summed E-state index contributed by atoms with van der Waals surface area (Å²) in [5.41, 5.74) is 13.2. The molecule has 0 saturated carbocycles. The van der Waals surface area contributed by atoms with E-state index in [2.05, 4.69) is 0 Å². The predicted octanol–water partition coefficient (Wildman–Crippen LogP) is 2.42. The van der Waals surface area contributed by atoms with Crippen molar-refractivity contribution in [1.82, 2.24) is 0 Å². The van der Waals surface area contributed by atoms with Gasteiger partial charge in [-0.2, -0.15) is 0 Å². The second-order valence-corrected chi connectivity index (χ2v) is 5.18. The van der Waals surface area contributed by atoms with Gasteiger partial charge in [-0.15, -0.1) is 0 Å². The third kappa shape index (κ3) is 1.94. The molecule has 0 radical (unpaired) electrons.